The third-order valence-electron chi connectivity index (χ3n) is 4.23. The zero-order valence-electron chi connectivity index (χ0n) is 14.2. The topological polar surface area (TPSA) is 65.9 Å². The van der Waals surface area contributed by atoms with Crippen LogP contribution in [0.4, 0.5) is 0 Å². The van der Waals surface area contributed by atoms with Crippen molar-refractivity contribution in [2.45, 2.75) is 32.4 Å². The molecule has 24 heavy (non-hydrogen) atoms. The Labute approximate surface area is 142 Å². The molecule has 2 aromatic rings. The highest BCUT2D eigenvalue weighted by Crippen LogP contribution is 2.24. The molecule has 0 radical (unpaired) electrons. The lowest BCUT2D eigenvalue weighted by Gasteiger charge is -2.26. The van der Waals surface area contributed by atoms with Gasteiger partial charge >= 0.3 is 0 Å². The van der Waals surface area contributed by atoms with Crippen molar-refractivity contribution in [1.29, 1.82) is 0 Å². The van der Waals surface area contributed by atoms with Gasteiger partial charge in [0.15, 0.2) is 5.96 Å². The van der Waals surface area contributed by atoms with Gasteiger partial charge in [0.1, 0.15) is 18.1 Å². The molecule has 1 atom stereocenters. The fourth-order valence-corrected chi connectivity index (χ4v) is 3.04. The number of likely N-dealkylation sites (tertiary alicyclic amines) is 1. The first kappa shape index (κ1) is 16.6. The van der Waals surface area contributed by atoms with Crippen LogP contribution in [0.2, 0.25) is 0 Å². The summed E-state index contributed by atoms with van der Waals surface area (Å²) in [5.41, 5.74) is 0. The molecule has 2 N–H and O–H groups in total. The molecule has 1 aliphatic heterocycles. The number of guanidine groups is 1. The molecular formula is C18H26N4O2. The number of furan rings is 2. The monoisotopic (exact) mass is 330 g/mol. The number of rotatable bonds is 7. The number of aliphatic imine (C=N–C) groups is 1. The molecule has 0 aromatic carbocycles. The second-order valence-electron chi connectivity index (χ2n) is 5.93. The Hall–Kier alpha value is -2.21. The minimum absolute atomic E-state index is 0.231. The summed E-state index contributed by atoms with van der Waals surface area (Å²) < 4.78 is 11.0. The summed E-state index contributed by atoms with van der Waals surface area (Å²) in [4.78, 5) is 7.06. The van der Waals surface area contributed by atoms with Crippen LogP contribution in [-0.2, 0) is 6.54 Å². The Kier molecular flexibility index (Phi) is 5.96. The largest absolute Gasteiger partial charge is 0.468 e. The first-order chi connectivity index (χ1) is 11.9. The molecule has 3 heterocycles. The quantitative estimate of drug-likeness (QED) is 0.604. The zero-order valence-corrected chi connectivity index (χ0v) is 14.2. The summed E-state index contributed by atoms with van der Waals surface area (Å²) in [6, 6.07) is 8.05. The van der Waals surface area contributed by atoms with Crippen molar-refractivity contribution < 1.29 is 8.83 Å². The predicted molar refractivity (Wildman–Crippen MR) is 93.8 cm³/mol. The van der Waals surface area contributed by atoms with E-state index in [9.17, 15) is 0 Å². The lowest BCUT2D eigenvalue weighted by molar-refractivity contribution is 0.215. The minimum Gasteiger partial charge on any atom is -0.468 e. The lowest BCUT2D eigenvalue weighted by atomic mass is 10.2. The Morgan fingerprint density at radius 1 is 1.17 bits per heavy atom. The molecule has 6 heteroatoms. The van der Waals surface area contributed by atoms with Gasteiger partial charge in [0.25, 0.3) is 0 Å². The molecule has 0 bridgehead atoms. The summed E-state index contributed by atoms with van der Waals surface area (Å²) in [7, 11) is 0. The fourth-order valence-electron chi connectivity index (χ4n) is 3.04. The number of nitrogens with one attached hydrogen (secondary N) is 2. The van der Waals surface area contributed by atoms with E-state index >= 15 is 0 Å². The summed E-state index contributed by atoms with van der Waals surface area (Å²) in [5, 5.41) is 6.73. The summed E-state index contributed by atoms with van der Waals surface area (Å²) in [6.07, 6.45) is 5.92. The Balaban J connectivity index is 1.63. The predicted octanol–water partition coefficient (Wildman–Crippen LogP) is 2.76. The maximum Gasteiger partial charge on any atom is 0.191 e. The molecule has 130 valence electrons. The van der Waals surface area contributed by atoms with Crippen LogP contribution in [0, 0.1) is 0 Å². The van der Waals surface area contributed by atoms with Crippen molar-refractivity contribution in [3.05, 3.63) is 48.3 Å². The molecule has 3 rings (SSSR count). The highest BCUT2D eigenvalue weighted by Gasteiger charge is 2.25. The lowest BCUT2D eigenvalue weighted by Crippen LogP contribution is -2.42. The van der Waals surface area contributed by atoms with Crippen molar-refractivity contribution >= 4 is 5.96 Å². The molecule has 1 saturated heterocycles. The van der Waals surface area contributed by atoms with Gasteiger partial charge in [-0.3, -0.25) is 4.90 Å². The second kappa shape index (κ2) is 8.59. The van der Waals surface area contributed by atoms with Gasteiger partial charge in [0.05, 0.1) is 18.6 Å². The molecule has 0 spiro atoms. The highest BCUT2D eigenvalue weighted by molar-refractivity contribution is 5.79. The van der Waals surface area contributed by atoms with Crippen molar-refractivity contribution in [3.8, 4) is 0 Å². The van der Waals surface area contributed by atoms with Crippen molar-refractivity contribution in [2.75, 3.05) is 26.2 Å². The average Bonchev–Trinajstić information content (AvgIpc) is 3.35. The van der Waals surface area contributed by atoms with Crippen LogP contribution in [0.15, 0.2) is 50.6 Å². The molecule has 6 nitrogen and oxygen atoms in total. The Morgan fingerprint density at radius 3 is 2.62 bits per heavy atom. The van der Waals surface area contributed by atoms with Crippen LogP contribution >= 0.6 is 0 Å². The Bertz CT molecular complexity index is 601. The Morgan fingerprint density at radius 2 is 1.96 bits per heavy atom. The summed E-state index contributed by atoms with van der Waals surface area (Å²) in [5.74, 6) is 2.66. The third-order valence-corrected chi connectivity index (χ3v) is 4.23. The fraction of sp³-hybridized carbons (Fsp3) is 0.500. The van der Waals surface area contributed by atoms with E-state index in [0.717, 1.165) is 43.7 Å². The molecule has 1 aliphatic rings. The normalized spacial score (nSPS) is 17.1. The minimum atomic E-state index is 0.231. The molecule has 2 aromatic heterocycles. The van der Waals surface area contributed by atoms with Crippen LogP contribution in [0.5, 0.6) is 0 Å². The molecule has 0 saturated carbocycles. The van der Waals surface area contributed by atoms with Crippen LogP contribution in [0.3, 0.4) is 0 Å². The van der Waals surface area contributed by atoms with Crippen molar-refractivity contribution in [1.82, 2.24) is 15.5 Å². The number of hydrogen-bond donors (Lipinski definition) is 2. The van der Waals surface area contributed by atoms with Crippen LogP contribution in [0.1, 0.15) is 37.3 Å². The molecule has 1 fully saturated rings. The van der Waals surface area contributed by atoms with Crippen LogP contribution in [-0.4, -0.2) is 37.0 Å². The number of hydrogen-bond acceptors (Lipinski definition) is 4. The van der Waals surface area contributed by atoms with E-state index in [0.29, 0.717) is 6.54 Å². The van der Waals surface area contributed by atoms with E-state index in [1.807, 2.05) is 18.2 Å². The standard InChI is InChI=1S/C18H26N4O2/c1-2-19-18(20-13-15-7-5-11-23-15)21-14-16(17-8-6-12-24-17)22-9-3-4-10-22/h5-8,11-12,16H,2-4,9-10,13-14H2,1H3,(H2,19,20,21). The number of nitrogens with zero attached hydrogens (tertiary/aromatic N) is 2. The van der Waals surface area contributed by atoms with Gasteiger partial charge in [0, 0.05) is 13.1 Å². The van der Waals surface area contributed by atoms with Gasteiger partial charge in [-0.15, -0.1) is 0 Å². The van der Waals surface area contributed by atoms with Crippen molar-refractivity contribution in [3.63, 3.8) is 0 Å². The molecular weight excluding hydrogens is 304 g/mol. The highest BCUT2D eigenvalue weighted by atomic mass is 16.3. The maximum absolute atomic E-state index is 5.66. The first-order valence-electron chi connectivity index (χ1n) is 8.69. The van der Waals surface area contributed by atoms with Gasteiger partial charge in [-0.1, -0.05) is 0 Å². The van der Waals surface area contributed by atoms with Gasteiger partial charge in [-0.2, -0.15) is 0 Å². The van der Waals surface area contributed by atoms with Crippen LogP contribution < -0.4 is 10.6 Å². The maximum atomic E-state index is 5.66. The SMILES string of the molecule is CCNC(=NCc1ccco1)NCC(c1ccco1)N1CCCC1. The van der Waals surface area contributed by atoms with Gasteiger partial charge in [-0.25, -0.2) is 4.99 Å². The van der Waals surface area contributed by atoms with Gasteiger partial charge in [0.2, 0.25) is 0 Å². The smallest absolute Gasteiger partial charge is 0.191 e. The second-order valence-corrected chi connectivity index (χ2v) is 5.93. The van der Waals surface area contributed by atoms with Gasteiger partial charge in [-0.05, 0) is 57.1 Å². The van der Waals surface area contributed by atoms with Crippen molar-refractivity contribution in [2.24, 2.45) is 4.99 Å². The summed E-state index contributed by atoms with van der Waals surface area (Å²) >= 11 is 0. The summed E-state index contributed by atoms with van der Waals surface area (Å²) in [6.45, 7) is 6.41. The van der Waals surface area contributed by atoms with Gasteiger partial charge < -0.3 is 19.5 Å². The first-order valence-corrected chi connectivity index (χ1v) is 8.69. The average molecular weight is 330 g/mol. The van der Waals surface area contributed by atoms with E-state index < -0.39 is 0 Å². The van der Waals surface area contributed by atoms with E-state index in [1.54, 1.807) is 12.5 Å². The molecule has 0 aliphatic carbocycles. The van der Waals surface area contributed by atoms with E-state index in [2.05, 4.69) is 33.5 Å². The molecule has 1 unspecified atom stereocenters. The third kappa shape index (κ3) is 4.41. The zero-order chi connectivity index (χ0) is 16.6. The van der Waals surface area contributed by atoms with Crippen LogP contribution in [0.25, 0.3) is 0 Å². The van der Waals surface area contributed by atoms with E-state index in [-0.39, 0.29) is 6.04 Å². The van der Waals surface area contributed by atoms with E-state index in [4.69, 9.17) is 8.83 Å². The van der Waals surface area contributed by atoms with E-state index in [1.165, 1.54) is 12.8 Å². The molecule has 0 amide bonds.